The van der Waals surface area contributed by atoms with E-state index in [1.54, 1.807) is 6.07 Å². The van der Waals surface area contributed by atoms with Gasteiger partial charge in [-0.15, -0.1) is 0 Å². The Labute approximate surface area is 107 Å². The number of hydrogen-bond donors (Lipinski definition) is 2. The standard InChI is InChI=1S/C13H18ClNO2/c1-13(17)4-6-15(7-5-13)12-3-2-10(9-16)8-11(12)14/h2-3,8,16-17H,4-7,9H2,1H3. The molecular weight excluding hydrogens is 238 g/mol. The third-order valence-corrected chi connectivity index (χ3v) is 3.68. The molecule has 0 aliphatic carbocycles. The number of hydrogen-bond acceptors (Lipinski definition) is 3. The molecule has 1 aromatic carbocycles. The Bertz CT molecular complexity index is 396. The van der Waals surface area contributed by atoms with Gasteiger partial charge in [0.15, 0.2) is 0 Å². The molecule has 1 aromatic rings. The summed E-state index contributed by atoms with van der Waals surface area (Å²) >= 11 is 6.20. The van der Waals surface area contributed by atoms with E-state index in [2.05, 4.69) is 4.90 Å². The minimum Gasteiger partial charge on any atom is -0.392 e. The van der Waals surface area contributed by atoms with Crippen molar-refractivity contribution in [2.75, 3.05) is 18.0 Å². The van der Waals surface area contributed by atoms with Crippen LogP contribution < -0.4 is 4.90 Å². The van der Waals surface area contributed by atoms with Gasteiger partial charge in [-0.3, -0.25) is 0 Å². The summed E-state index contributed by atoms with van der Waals surface area (Å²) in [5, 5.41) is 19.6. The minimum absolute atomic E-state index is 0.00864. The largest absolute Gasteiger partial charge is 0.392 e. The van der Waals surface area contributed by atoms with E-state index in [9.17, 15) is 5.11 Å². The second kappa shape index (κ2) is 4.84. The number of piperidine rings is 1. The Kier molecular flexibility index (Phi) is 3.61. The van der Waals surface area contributed by atoms with Gasteiger partial charge in [0, 0.05) is 13.1 Å². The van der Waals surface area contributed by atoms with Crippen LogP contribution in [-0.4, -0.2) is 28.9 Å². The number of nitrogens with zero attached hydrogens (tertiary/aromatic N) is 1. The van der Waals surface area contributed by atoms with Crippen LogP contribution in [0.5, 0.6) is 0 Å². The molecular formula is C13H18ClNO2. The Balaban J connectivity index is 2.13. The minimum atomic E-state index is -0.548. The molecule has 0 radical (unpaired) electrons. The van der Waals surface area contributed by atoms with E-state index >= 15 is 0 Å². The van der Waals surface area contributed by atoms with Crippen LogP contribution in [0.2, 0.25) is 5.02 Å². The predicted octanol–water partition coefficient (Wildman–Crippen LogP) is 2.18. The second-order valence-electron chi connectivity index (χ2n) is 4.93. The fourth-order valence-corrected chi connectivity index (χ4v) is 2.46. The van der Waals surface area contributed by atoms with E-state index in [1.807, 2.05) is 19.1 Å². The summed E-state index contributed by atoms with van der Waals surface area (Å²) in [7, 11) is 0. The zero-order chi connectivity index (χ0) is 12.5. The second-order valence-corrected chi connectivity index (χ2v) is 5.34. The fraction of sp³-hybridized carbons (Fsp3) is 0.538. The van der Waals surface area contributed by atoms with E-state index < -0.39 is 5.60 Å². The summed E-state index contributed by atoms with van der Waals surface area (Å²) in [6.07, 6.45) is 1.51. The number of aliphatic hydroxyl groups excluding tert-OH is 1. The lowest BCUT2D eigenvalue weighted by molar-refractivity contribution is 0.0351. The molecule has 94 valence electrons. The summed E-state index contributed by atoms with van der Waals surface area (Å²) in [6, 6.07) is 5.62. The molecule has 0 amide bonds. The molecule has 3 nitrogen and oxygen atoms in total. The Hall–Kier alpha value is -0.770. The maximum Gasteiger partial charge on any atom is 0.0682 e. The number of anilines is 1. The molecule has 0 spiro atoms. The summed E-state index contributed by atoms with van der Waals surface area (Å²) in [5.74, 6) is 0. The molecule has 1 aliphatic heterocycles. The summed E-state index contributed by atoms with van der Waals surface area (Å²) in [4.78, 5) is 2.18. The van der Waals surface area contributed by atoms with Gasteiger partial charge < -0.3 is 15.1 Å². The van der Waals surface area contributed by atoms with Gasteiger partial charge in [0.1, 0.15) is 0 Å². The molecule has 4 heteroatoms. The van der Waals surface area contributed by atoms with Gasteiger partial charge in [-0.05, 0) is 37.5 Å². The van der Waals surface area contributed by atoms with Gasteiger partial charge in [0.2, 0.25) is 0 Å². The van der Waals surface area contributed by atoms with Crippen LogP contribution in [0.3, 0.4) is 0 Å². The normalized spacial score (nSPS) is 19.4. The van der Waals surface area contributed by atoms with Crippen molar-refractivity contribution in [2.24, 2.45) is 0 Å². The molecule has 0 atom stereocenters. The van der Waals surface area contributed by atoms with E-state index in [0.717, 1.165) is 37.2 Å². The first kappa shape index (κ1) is 12.7. The lowest BCUT2D eigenvalue weighted by Crippen LogP contribution is -2.42. The molecule has 0 bridgehead atoms. The maximum absolute atomic E-state index is 9.90. The highest BCUT2D eigenvalue weighted by atomic mass is 35.5. The molecule has 1 saturated heterocycles. The van der Waals surface area contributed by atoms with Crippen LogP contribution in [0, 0.1) is 0 Å². The van der Waals surface area contributed by atoms with Crippen molar-refractivity contribution >= 4 is 17.3 Å². The molecule has 1 aliphatic rings. The van der Waals surface area contributed by atoms with Crippen molar-refractivity contribution in [3.05, 3.63) is 28.8 Å². The Morgan fingerprint density at radius 2 is 2.00 bits per heavy atom. The van der Waals surface area contributed by atoms with Crippen LogP contribution in [0.4, 0.5) is 5.69 Å². The van der Waals surface area contributed by atoms with Crippen molar-refractivity contribution in [3.8, 4) is 0 Å². The smallest absolute Gasteiger partial charge is 0.0682 e. The zero-order valence-electron chi connectivity index (χ0n) is 9.99. The van der Waals surface area contributed by atoms with E-state index in [1.165, 1.54) is 0 Å². The third kappa shape index (κ3) is 2.92. The van der Waals surface area contributed by atoms with Gasteiger partial charge in [0.05, 0.1) is 22.9 Å². The molecule has 0 unspecified atom stereocenters. The summed E-state index contributed by atoms with van der Waals surface area (Å²) in [6.45, 7) is 3.51. The van der Waals surface area contributed by atoms with Crippen molar-refractivity contribution < 1.29 is 10.2 Å². The average Bonchev–Trinajstić information content (AvgIpc) is 2.29. The topological polar surface area (TPSA) is 43.7 Å². The SMILES string of the molecule is CC1(O)CCN(c2ccc(CO)cc2Cl)CC1. The van der Waals surface area contributed by atoms with E-state index in [0.29, 0.717) is 5.02 Å². The van der Waals surface area contributed by atoms with Crippen molar-refractivity contribution in [1.29, 1.82) is 0 Å². The van der Waals surface area contributed by atoms with Crippen LogP contribution in [-0.2, 0) is 6.61 Å². The number of halogens is 1. The molecule has 1 fully saturated rings. The lowest BCUT2D eigenvalue weighted by atomic mass is 9.93. The molecule has 1 heterocycles. The van der Waals surface area contributed by atoms with Crippen LogP contribution in [0.1, 0.15) is 25.3 Å². The van der Waals surface area contributed by atoms with Gasteiger partial charge in [-0.2, -0.15) is 0 Å². The third-order valence-electron chi connectivity index (χ3n) is 3.38. The monoisotopic (exact) mass is 255 g/mol. The van der Waals surface area contributed by atoms with Crippen LogP contribution in [0.25, 0.3) is 0 Å². The predicted molar refractivity (Wildman–Crippen MR) is 69.4 cm³/mol. The number of rotatable bonds is 2. The summed E-state index contributed by atoms with van der Waals surface area (Å²) in [5.41, 5.74) is 1.26. The van der Waals surface area contributed by atoms with Gasteiger partial charge in [-0.1, -0.05) is 17.7 Å². The highest BCUT2D eigenvalue weighted by Gasteiger charge is 2.28. The molecule has 0 saturated carbocycles. The quantitative estimate of drug-likeness (QED) is 0.851. The number of aliphatic hydroxyl groups is 2. The zero-order valence-corrected chi connectivity index (χ0v) is 10.7. The Morgan fingerprint density at radius 1 is 1.35 bits per heavy atom. The van der Waals surface area contributed by atoms with Crippen molar-refractivity contribution in [1.82, 2.24) is 0 Å². The van der Waals surface area contributed by atoms with Gasteiger partial charge in [-0.25, -0.2) is 0 Å². The molecule has 2 N–H and O–H groups in total. The first-order valence-corrected chi connectivity index (χ1v) is 6.26. The van der Waals surface area contributed by atoms with Crippen LogP contribution in [0.15, 0.2) is 18.2 Å². The average molecular weight is 256 g/mol. The fourth-order valence-electron chi connectivity index (χ4n) is 2.13. The molecule has 0 aromatic heterocycles. The van der Waals surface area contributed by atoms with Crippen molar-refractivity contribution in [2.45, 2.75) is 32.0 Å². The first-order valence-electron chi connectivity index (χ1n) is 5.88. The highest BCUT2D eigenvalue weighted by molar-refractivity contribution is 6.33. The number of benzene rings is 1. The van der Waals surface area contributed by atoms with E-state index in [4.69, 9.17) is 16.7 Å². The van der Waals surface area contributed by atoms with Gasteiger partial charge >= 0.3 is 0 Å². The first-order chi connectivity index (χ1) is 8.02. The van der Waals surface area contributed by atoms with Crippen molar-refractivity contribution in [3.63, 3.8) is 0 Å². The Morgan fingerprint density at radius 3 is 2.53 bits per heavy atom. The summed E-state index contributed by atoms with van der Waals surface area (Å²) < 4.78 is 0. The van der Waals surface area contributed by atoms with Crippen LogP contribution >= 0.6 is 11.6 Å². The van der Waals surface area contributed by atoms with E-state index in [-0.39, 0.29) is 6.61 Å². The highest BCUT2D eigenvalue weighted by Crippen LogP contribution is 2.31. The molecule has 17 heavy (non-hydrogen) atoms. The lowest BCUT2D eigenvalue weighted by Gasteiger charge is -2.37. The van der Waals surface area contributed by atoms with Gasteiger partial charge in [0.25, 0.3) is 0 Å². The molecule has 2 rings (SSSR count). The maximum atomic E-state index is 9.90.